The summed E-state index contributed by atoms with van der Waals surface area (Å²) in [7, 11) is 3.15. The van der Waals surface area contributed by atoms with E-state index in [-0.39, 0.29) is 11.7 Å². The molecule has 0 saturated heterocycles. The summed E-state index contributed by atoms with van der Waals surface area (Å²) in [6.45, 7) is 3.19. The third-order valence-corrected chi connectivity index (χ3v) is 6.45. The van der Waals surface area contributed by atoms with E-state index in [1.165, 1.54) is 11.8 Å². The maximum absolute atomic E-state index is 12.6. The van der Waals surface area contributed by atoms with Crippen LogP contribution in [-0.4, -0.2) is 47.5 Å². The zero-order valence-corrected chi connectivity index (χ0v) is 19.4. The first kappa shape index (κ1) is 21.7. The van der Waals surface area contributed by atoms with Crippen molar-refractivity contribution in [2.24, 2.45) is 0 Å². The Morgan fingerprint density at radius 2 is 1.93 bits per heavy atom. The minimum atomic E-state index is 0.0184. The molecule has 0 aliphatic rings. The van der Waals surface area contributed by atoms with Gasteiger partial charge in [0.05, 0.1) is 30.3 Å². The van der Waals surface area contributed by atoms with Gasteiger partial charge in [-0.05, 0) is 47.1 Å². The highest BCUT2D eigenvalue weighted by Crippen LogP contribution is 2.30. The van der Waals surface area contributed by atoms with Gasteiger partial charge in [0.15, 0.2) is 0 Å². The number of rotatable bonds is 9. The average molecular weight is 498 g/mol. The Kier molecular flexibility index (Phi) is 7.57. The van der Waals surface area contributed by atoms with E-state index < -0.39 is 0 Å². The molecule has 1 amide bonds. The molecule has 7 nitrogen and oxygen atoms in total. The highest BCUT2D eigenvalue weighted by atomic mass is 79.9. The van der Waals surface area contributed by atoms with E-state index in [0.717, 1.165) is 8.66 Å². The molecule has 29 heavy (non-hydrogen) atoms. The number of carbonyl (C=O) groups is 1. The second-order valence-electron chi connectivity index (χ2n) is 5.88. The second kappa shape index (κ2) is 10.1. The lowest BCUT2D eigenvalue weighted by Gasteiger charge is -2.19. The predicted octanol–water partition coefficient (Wildman–Crippen LogP) is 4.72. The molecule has 3 rings (SSSR count). The fourth-order valence-corrected chi connectivity index (χ4v) is 4.70. The van der Waals surface area contributed by atoms with Gasteiger partial charge in [0.25, 0.3) is 5.22 Å². The third-order valence-electron chi connectivity index (χ3n) is 4.03. The molecule has 0 spiro atoms. The zero-order valence-electron chi connectivity index (χ0n) is 16.2. The van der Waals surface area contributed by atoms with Crippen LogP contribution in [0.3, 0.4) is 0 Å². The lowest BCUT2D eigenvalue weighted by Crippen LogP contribution is -2.31. The van der Waals surface area contributed by atoms with Gasteiger partial charge in [-0.25, -0.2) is 0 Å². The molecule has 1 aromatic carbocycles. The molecule has 2 aromatic heterocycles. The summed E-state index contributed by atoms with van der Waals surface area (Å²) in [4.78, 5) is 15.5. The van der Waals surface area contributed by atoms with Crippen molar-refractivity contribution in [3.8, 4) is 23.0 Å². The number of methoxy groups -OCH3 is 2. The Morgan fingerprint density at radius 3 is 2.52 bits per heavy atom. The molecule has 0 bridgehead atoms. The summed E-state index contributed by atoms with van der Waals surface area (Å²) in [5.41, 5.74) is 0.685. The topological polar surface area (TPSA) is 77.7 Å². The molecule has 2 heterocycles. The largest absolute Gasteiger partial charge is 0.497 e. The summed E-state index contributed by atoms with van der Waals surface area (Å²) in [5.74, 6) is 1.84. The van der Waals surface area contributed by atoms with Crippen LogP contribution in [0.4, 0.5) is 0 Å². The molecule has 0 aliphatic carbocycles. The van der Waals surface area contributed by atoms with Crippen molar-refractivity contribution < 1.29 is 18.7 Å². The van der Waals surface area contributed by atoms with E-state index in [0.29, 0.717) is 41.3 Å². The number of aromatic nitrogens is 2. The van der Waals surface area contributed by atoms with Crippen LogP contribution in [-0.2, 0) is 11.3 Å². The van der Waals surface area contributed by atoms with Gasteiger partial charge in [0.1, 0.15) is 11.5 Å². The van der Waals surface area contributed by atoms with Gasteiger partial charge in [-0.1, -0.05) is 11.8 Å². The van der Waals surface area contributed by atoms with Crippen molar-refractivity contribution in [2.75, 3.05) is 26.5 Å². The van der Waals surface area contributed by atoms with E-state index in [1.807, 2.05) is 19.1 Å². The predicted molar refractivity (Wildman–Crippen MR) is 117 cm³/mol. The number of ether oxygens (including phenoxy) is 2. The van der Waals surface area contributed by atoms with Crippen LogP contribution in [0.15, 0.2) is 43.8 Å². The Hall–Kier alpha value is -2.04. The van der Waals surface area contributed by atoms with Crippen LogP contribution in [0.2, 0.25) is 0 Å². The van der Waals surface area contributed by atoms with Crippen molar-refractivity contribution >= 4 is 44.9 Å². The van der Waals surface area contributed by atoms with Crippen LogP contribution in [0.1, 0.15) is 11.8 Å². The van der Waals surface area contributed by atoms with Gasteiger partial charge >= 0.3 is 0 Å². The molecular weight excluding hydrogens is 478 g/mol. The minimum absolute atomic E-state index is 0.0184. The van der Waals surface area contributed by atoms with E-state index in [9.17, 15) is 4.79 Å². The standard InChI is InChI=1S/C19H20BrN3O4S2/c1-4-23(10-15-5-6-16(20)29-15)17(24)11-28-19-22-21-18(27-19)12-7-13(25-2)9-14(8-12)26-3/h5-9H,4,10-11H2,1-3H3. The minimum Gasteiger partial charge on any atom is -0.497 e. The first-order valence-electron chi connectivity index (χ1n) is 8.74. The second-order valence-corrected chi connectivity index (χ2v) is 9.35. The third kappa shape index (κ3) is 5.74. The van der Waals surface area contributed by atoms with E-state index >= 15 is 0 Å². The summed E-state index contributed by atoms with van der Waals surface area (Å²) in [6, 6.07) is 9.34. The van der Waals surface area contributed by atoms with Gasteiger partial charge < -0.3 is 18.8 Å². The van der Waals surface area contributed by atoms with Crippen molar-refractivity contribution in [1.82, 2.24) is 15.1 Å². The number of hydrogen-bond donors (Lipinski definition) is 0. The molecule has 0 atom stereocenters. The van der Waals surface area contributed by atoms with Crippen LogP contribution in [0, 0.1) is 0 Å². The Bertz CT molecular complexity index is 954. The molecule has 0 fully saturated rings. The van der Waals surface area contributed by atoms with Gasteiger partial charge in [0, 0.05) is 23.1 Å². The smallest absolute Gasteiger partial charge is 0.277 e. The first-order chi connectivity index (χ1) is 14.0. The highest BCUT2D eigenvalue weighted by Gasteiger charge is 2.17. The highest BCUT2D eigenvalue weighted by molar-refractivity contribution is 9.11. The van der Waals surface area contributed by atoms with Crippen LogP contribution >= 0.6 is 39.0 Å². The summed E-state index contributed by atoms with van der Waals surface area (Å²) < 4.78 is 17.3. The molecule has 0 saturated carbocycles. The normalized spacial score (nSPS) is 10.8. The van der Waals surface area contributed by atoms with Gasteiger partial charge in [0.2, 0.25) is 11.8 Å². The summed E-state index contributed by atoms with van der Waals surface area (Å²) in [6.07, 6.45) is 0. The van der Waals surface area contributed by atoms with Crippen molar-refractivity contribution in [3.05, 3.63) is 39.0 Å². The van der Waals surface area contributed by atoms with Gasteiger partial charge in [-0.3, -0.25) is 4.79 Å². The summed E-state index contributed by atoms with van der Waals surface area (Å²) in [5, 5.41) is 8.45. The van der Waals surface area contributed by atoms with Crippen molar-refractivity contribution in [1.29, 1.82) is 0 Å². The van der Waals surface area contributed by atoms with Crippen LogP contribution in [0.25, 0.3) is 11.5 Å². The monoisotopic (exact) mass is 497 g/mol. The van der Waals surface area contributed by atoms with E-state index in [4.69, 9.17) is 13.9 Å². The molecule has 0 N–H and O–H groups in total. The van der Waals surface area contributed by atoms with Crippen LogP contribution < -0.4 is 9.47 Å². The molecule has 0 unspecified atom stereocenters. The molecule has 3 aromatic rings. The molecule has 0 aliphatic heterocycles. The number of thioether (sulfide) groups is 1. The number of nitrogens with zero attached hydrogens (tertiary/aromatic N) is 3. The fourth-order valence-electron chi connectivity index (χ4n) is 2.53. The number of amides is 1. The number of halogens is 1. The quantitative estimate of drug-likeness (QED) is 0.395. The van der Waals surface area contributed by atoms with Gasteiger partial charge in [-0.15, -0.1) is 21.5 Å². The Balaban J connectivity index is 1.63. The van der Waals surface area contributed by atoms with Crippen molar-refractivity contribution in [3.63, 3.8) is 0 Å². The first-order valence-corrected chi connectivity index (χ1v) is 11.3. The molecule has 10 heteroatoms. The van der Waals surface area contributed by atoms with E-state index in [1.54, 1.807) is 48.7 Å². The Labute approximate surface area is 185 Å². The SMILES string of the molecule is CCN(Cc1ccc(Br)s1)C(=O)CSc1nnc(-c2cc(OC)cc(OC)c2)o1. The fraction of sp³-hybridized carbons (Fsp3) is 0.316. The maximum Gasteiger partial charge on any atom is 0.277 e. The zero-order chi connectivity index (χ0) is 20.8. The Morgan fingerprint density at radius 1 is 1.21 bits per heavy atom. The number of benzene rings is 1. The average Bonchev–Trinajstić information content (AvgIpc) is 3.38. The summed E-state index contributed by atoms with van der Waals surface area (Å²) >= 11 is 6.30. The van der Waals surface area contributed by atoms with Crippen LogP contribution in [0.5, 0.6) is 11.5 Å². The lowest BCUT2D eigenvalue weighted by molar-refractivity contribution is -0.128. The molecular formula is C19H20BrN3O4S2. The lowest BCUT2D eigenvalue weighted by atomic mass is 10.2. The maximum atomic E-state index is 12.6. The van der Waals surface area contributed by atoms with Crippen molar-refractivity contribution in [2.45, 2.75) is 18.7 Å². The molecule has 0 radical (unpaired) electrons. The van der Waals surface area contributed by atoms with Gasteiger partial charge in [-0.2, -0.15) is 0 Å². The van der Waals surface area contributed by atoms with E-state index in [2.05, 4.69) is 26.1 Å². The number of thiophene rings is 1. The number of carbonyl (C=O) groups excluding carboxylic acids is 1. The molecule has 154 valence electrons. The number of hydrogen-bond acceptors (Lipinski definition) is 8.